The number of halogens is 2. The molecular formula is C15H14BrFN2O3. The molecule has 0 spiro atoms. The van der Waals surface area contributed by atoms with Gasteiger partial charge in [-0.25, -0.2) is 4.39 Å². The number of likely N-dealkylation sites (N-methyl/N-ethyl adjacent to an activating group) is 1. The number of carbonyl (C=O) groups is 2. The molecule has 116 valence electrons. The Morgan fingerprint density at radius 3 is 2.73 bits per heavy atom. The first-order chi connectivity index (χ1) is 10.5. The lowest BCUT2D eigenvalue weighted by atomic mass is 10.2. The average Bonchev–Trinajstić information content (AvgIpc) is 2.89. The zero-order chi connectivity index (χ0) is 16.1. The minimum absolute atomic E-state index is 0.172. The second-order valence-electron chi connectivity index (χ2n) is 4.65. The Morgan fingerprint density at radius 1 is 1.32 bits per heavy atom. The van der Waals surface area contributed by atoms with E-state index in [1.54, 1.807) is 19.2 Å². The van der Waals surface area contributed by atoms with Gasteiger partial charge in [0, 0.05) is 12.6 Å². The van der Waals surface area contributed by atoms with Gasteiger partial charge in [0.05, 0.1) is 13.1 Å². The van der Waals surface area contributed by atoms with Crippen molar-refractivity contribution in [1.29, 1.82) is 0 Å². The van der Waals surface area contributed by atoms with Gasteiger partial charge in [-0.05, 0) is 46.3 Å². The summed E-state index contributed by atoms with van der Waals surface area (Å²) in [6.07, 6.45) is 0. The van der Waals surface area contributed by atoms with Crippen LogP contribution in [-0.2, 0) is 11.3 Å². The maximum atomic E-state index is 13.0. The van der Waals surface area contributed by atoms with Gasteiger partial charge in [0.1, 0.15) is 11.6 Å². The van der Waals surface area contributed by atoms with Crippen molar-refractivity contribution in [2.75, 3.05) is 13.6 Å². The number of furan rings is 1. The Kier molecular flexibility index (Phi) is 5.32. The Bertz CT molecular complexity index is 687. The predicted molar refractivity (Wildman–Crippen MR) is 81.6 cm³/mol. The number of rotatable bonds is 5. The van der Waals surface area contributed by atoms with E-state index in [0.717, 1.165) is 6.07 Å². The first-order valence-corrected chi connectivity index (χ1v) is 7.27. The van der Waals surface area contributed by atoms with Gasteiger partial charge < -0.3 is 14.6 Å². The van der Waals surface area contributed by atoms with Gasteiger partial charge in [-0.15, -0.1) is 0 Å². The first kappa shape index (κ1) is 16.2. The van der Waals surface area contributed by atoms with Crippen LogP contribution >= 0.6 is 15.9 Å². The van der Waals surface area contributed by atoms with Gasteiger partial charge in [-0.1, -0.05) is 6.07 Å². The summed E-state index contributed by atoms with van der Waals surface area (Å²) < 4.78 is 18.9. The zero-order valence-electron chi connectivity index (χ0n) is 11.8. The van der Waals surface area contributed by atoms with E-state index >= 15 is 0 Å². The number of amides is 2. The van der Waals surface area contributed by atoms with Gasteiger partial charge in [0.25, 0.3) is 5.91 Å². The van der Waals surface area contributed by atoms with Crippen LogP contribution in [0.25, 0.3) is 0 Å². The lowest BCUT2D eigenvalue weighted by Gasteiger charge is -2.16. The van der Waals surface area contributed by atoms with Crippen molar-refractivity contribution in [3.8, 4) is 0 Å². The third kappa shape index (κ3) is 4.42. The molecule has 1 N–H and O–H groups in total. The Balaban J connectivity index is 1.85. The van der Waals surface area contributed by atoms with E-state index in [9.17, 15) is 14.0 Å². The summed E-state index contributed by atoms with van der Waals surface area (Å²) in [5.41, 5.74) is 0.172. The fourth-order valence-corrected chi connectivity index (χ4v) is 2.12. The Hall–Kier alpha value is -2.15. The molecule has 0 saturated heterocycles. The molecule has 7 heteroatoms. The molecule has 1 heterocycles. The summed E-state index contributed by atoms with van der Waals surface area (Å²) in [4.78, 5) is 25.2. The monoisotopic (exact) mass is 368 g/mol. The van der Waals surface area contributed by atoms with E-state index in [1.807, 2.05) is 0 Å². The second-order valence-corrected chi connectivity index (χ2v) is 5.43. The van der Waals surface area contributed by atoms with Crippen LogP contribution in [0, 0.1) is 5.82 Å². The smallest absolute Gasteiger partial charge is 0.251 e. The number of nitrogens with zero attached hydrogens (tertiary/aromatic N) is 1. The molecule has 2 rings (SSSR count). The summed E-state index contributed by atoms with van der Waals surface area (Å²) in [6, 6.07) is 8.76. The molecule has 0 radical (unpaired) electrons. The standard InChI is InChI=1S/C15H14BrFN2O3/c1-19(9-12-5-6-13(16)22-12)14(20)8-18-15(21)10-3-2-4-11(17)7-10/h2-7H,8-9H2,1H3,(H,18,21). The molecular weight excluding hydrogens is 355 g/mol. The summed E-state index contributed by atoms with van der Waals surface area (Å²) in [5.74, 6) is -0.655. The molecule has 0 aliphatic rings. The number of hydrogen-bond acceptors (Lipinski definition) is 3. The topological polar surface area (TPSA) is 62.6 Å². The molecule has 0 bridgehead atoms. The molecule has 22 heavy (non-hydrogen) atoms. The highest BCUT2D eigenvalue weighted by molar-refractivity contribution is 9.10. The maximum absolute atomic E-state index is 13.0. The normalized spacial score (nSPS) is 10.3. The first-order valence-electron chi connectivity index (χ1n) is 6.47. The third-order valence-electron chi connectivity index (χ3n) is 2.93. The lowest BCUT2D eigenvalue weighted by Crippen LogP contribution is -2.37. The molecule has 2 aromatic rings. The summed E-state index contributed by atoms with van der Waals surface area (Å²) >= 11 is 3.18. The second kappa shape index (κ2) is 7.22. The van der Waals surface area contributed by atoms with E-state index in [0.29, 0.717) is 17.0 Å². The van der Waals surface area contributed by atoms with Crippen LogP contribution in [0.3, 0.4) is 0 Å². The van der Waals surface area contributed by atoms with E-state index in [4.69, 9.17) is 4.42 Å². The molecule has 0 fully saturated rings. The van der Waals surface area contributed by atoms with Crippen molar-refractivity contribution in [2.45, 2.75) is 6.54 Å². The highest BCUT2D eigenvalue weighted by atomic mass is 79.9. The molecule has 0 unspecified atom stereocenters. The number of benzene rings is 1. The molecule has 0 aliphatic carbocycles. The van der Waals surface area contributed by atoms with Crippen molar-refractivity contribution < 1.29 is 18.4 Å². The molecule has 0 atom stereocenters. The fraction of sp³-hybridized carbons (Fsp3) is 0.200. The minimum Gasteiger partial charge on any atom is -0.452 e. The van der Waals surface area contributed by atoms with Gasteiger partial charge in [-0.2, -0.15) is 0 Å². The number of carbonyl (C=O) groups excluding carboxylic acids is 2. The van der Waals surface area contributed by atoms with Crippen molar-refractivity contribution >= 4 is 27.7 Å². The van der Waals surface area contributed by atoms with Crippen LogP contribution in [-0.4, -0.2) is 30.3 Å². The maximum Gasteiger partial charge on any atom is 0.251 e. The molecule has 5 nitrogen and oxygen atoms in total. The van der Waals surface area contributed by atoms with E-state index in [1.165, 1.54) is 23.1 Å². The van der Waals surface area contributed by atoms with Crippen molar-refractivity contribution in [3.63, 3.8) is 0 Å². The van der Waals surface area contributed by atoms with E-state index in [-0.39, 0.29) is 18.0 Å². The zero-order valence-corrected chi connectivity index (χ0v) is 13.4. The summed E-state index contributed by atoms with van der Waals surface area (Å²) in [6.45, 7) is 0.119. The largest absolute Gasteiger partial charge is 0.452 e. The van der Waals surface area contributed by atoms with Gasteiger partial charge in [0.2, 0.25) is 5.91 Å². The molecule has 1 aromatic heterocycles. The van der Waals surface area contributed by atoms with Gasteiger partial charge >= 0.3 is 0 Å². The Morgan fingerprint density at radius 2 is 2.09 bits per heavy atom. The molecule has 0 saturated carbocycles. The summed E-state index contributed by atoms with van der Waals surface area (Å²) in [7, 11) is 1.60. The van der Waals surface area contributed by atoms with Crippen LogP contribution in [0.4, 0.5) is 4.39 Å². The molecule has 1 aromatic carbocycles. The predicted octanol–water partition coefficient (Wildman–Crippen LogP) is 2.57. The number of nitrogens with one attached hydrogen (secondary N) is 1. The van der Waals surface area contributed by atoms with Crippen molar-refractivity contribution in [2.24, 2.45) is 0 Å². The molecule has 0 aliphatic heterocycles. The van der Waals surface area contributed by atoms with Gasteiger partial charge in [-0.3, -0.25) is 9.59 Å². The summed E-state index contributed by atoms with van der Waals surface area (Å²) in [5, 5.41) is 2.46. The van der Waals surface area contributed by atoms with Crippen molar-refractivity contribution in [1.82, 2.24) is 10.2 Å². The third-order valence-corrected chi connectivity index (χ3v) is 3.36. The SMILES string of the molecule is CN(Cc1ccc(Br)o1)C(=O)CNC(=O)c1cccc(F)c1. The van der Waals surface area contributed by atoms with Crippen LogP contribution in [0.1, 0.15) is 16.1 Å². The quantitative estimate of drug-likeness (QED) is 0.881. The highest BCUT2D eigenvalue weighted by Crippen LogP contribution is 2.15. The van der Waals surface area contributed by atoms with Crippen molar-refractivity contribution in [3.05, 3.63) is 58.2 Å². The van der Waals surface area contributed by atoms with Gasteiger partial charge in [0.15, 0.2) is 4.67 Å². The lowest BCUT2D eigenvalue weighted by molar-refractivity contribution is -0.129. The fourth-order valence-electron chi connectivity index (χ4n) is 1.78. The van der Waals surface area contributed by atoms with Crippen LogP contribution < -0.4 is 5.32 Å². The van der Waals surface area contributed by atoms with Crippen LogP contribution in [0.15, 0.2) is 45.5 Å². The van der Waals surface area contributed by atoms with Crippen LogP contribution in [0.5, 0.6) is 0 Å². The Labute approximate surface area is 135 Å². The average molecular weight is 369 g/mol. The minimum atomic E-state index is -0.500. The highest BCUT2D eigenvalue weighted by Gasteiger charge is 2.13. The van der Waals surface area contributed by atoms with E-state index in [2.05, 4.69) is 21.2 Å². The van der Waals surface area contributed by atoms with Crippen LogP contribution in [0.2, 0.25) is 0 Å². The molecule has 2 amide bonds. The number of hydrogen-bond donors (Lipinski definition) is 1. The van der Waals surface area contributed by atoms with E-state index < -0.39 is 11.7 Å².